The van der Waals surface area contributed by atoms with Crippen molar-refractivity contribution in [1.29, 1.82) is 0 Å². The van der Waals surface area contributed by atoms with Crippen molar-refractivity contribution in [2.45, 2.75) is 25.8 Å². The maximum atomic E-state index is 13.1. The summed E-state index contributed by atoms with van der Waals surface area (Å²) in [6, 6.07) is 26.0. The highest BCUT2D eigenvalue weighted by molar-refractivity contribution is 6.12. The number of ketones is 1. The molecule has 2 N–H and O–H groups in total. The zero-order valence-electron chi connectivity index (χ0n) is 22.5. The maximum Gasteiger partial charge on any atom is 0.326 e. The molecule has 41 heavy (non-hydrogen) atoms. The second-order valence-corrected chi connectivity index (χ2v) is 9.48. The summed E-state index contributed by atoms with van der Waals surface area (Å²) in [7, 11) is 0. The summed E-state index contributed by atoms with van der Waals surface area (Å²) in [5, 5.41) is 13.0. The molecule has 0 aliphatic carbocycles. The quantitative estimate of drug-likeness (QED) is 0.183. The lowest BCUT2D eigenvalue weighted by molar-refractivity contribution is -0.137. The number of rotatable bonds is 12. The monoisotopic (exact) mass is 547 g/mol. The van der Waals surface area contributed by atoms with E-state index in [1.807, 2.05) is 49.4 Å². The Bertz CT molecular complexity index is 1620. The van der Waals surface area contributed by atoms with E-state index < -0.39 is 12.0 Å². The lowest BCUT2D eigenvalue weighted by Crippen LogP contribution is -2.32. The van der Waals surface area contributed by atoms with Gasteiger partial charge in [-0.2, -0.15) is 0 Å². The predicted octanol–water partition coefficient (Wildman–Crippen LogP) is 6.01. The Hall–Kier alpha value is -5.24. The third-order valence-corrected chi connectivity index (χ3v) is 6.63. The van der Waals surface area contributed by atoms with Crippen molar-refractivity contribution in [3.8, 4) is 17.2 Å². The van der Waals surface area contributed by atoms with Crippen LogP contribution in [0.15, 0.2) is 108 Å². The van der Waals surface area contributed by atoms with E-state index in [0.29, 0.717) is 41.5 Å². The lowest BCUT2D eigenvalue weighted by atomic mass is 10.00. The number of nitrogens with zero attached hydrogens (tertiary/aromatic N) is 2. The van der Waals surface area contributed by atoms with Crippen LogP contribution in [0.1, 0.15) is 32.9 Å². The summed E-state index contributed by atoms with van der Waals surface area (Å²) in [5.74, 6) is 0.783. The van der Waals surface area contributed by atoms with Gasteiger partial charge in [-0.25, -0.2) is 9.78 Å². The lowest BCUT2D eigenvalue weighted by Gasteiger charge is -2.18. The van der Waals surface area contributed by atoms with Gasteiger partial charge in [0.15, 0.2) is 5.78 Å². The Morgan fingerprint density at radius 2 is 1.63 bits per heavy atom. The number of pyridine rings is 1. The smallest absolute Gasteiger partial charge is 0.326 e. The molecule has 0 aliphatic heterocycles. The maximum absolute atomic E-state index is 13.1. The summed E-state index contributed by atoms with van der Waals surface area (Å²) < 4.78 is 11.7. The average Bonchev–Trinajstić information content (AvgIpc) is 3.38. The number of carboxylic acid groups (broad SMARTS) is 1. The van der Waals surface area contributed by atoms with Gasteiger partial charge in [0.05, 0.1) is 12.3 Å². The van der Waals surface area contributed by atoms with Crippen LogP contribution in [0.4, 0.5) is 5.69 Å². The molecule has 5 rings (SSSR count). The molecular weight excluding hydrogens is 518 g/mol. The van der Waals surface area contributed by atoms with Crippen LogP contribution in [-0.2, 0) is 17.6 Å². The fourth-order valence-corrected chi connectivity index (χ4v) is 4.44. The van der Waals surface area contributed by atoms with Gasteiger partial charge in [0.25, 0.3) is 0 Å². The fraction of sp³-hybridized carbons (Fsp3) is 0.152. The Morgan fingerprint density at radius 1 is 0.927 bits per heavy atom. The van der Waals surface area contributed by atoms with Crippen molar-refractivity contribution < 1.29 is 23.8 Å². The van der Waals surface area contributed by atoms with Crippen molar-refractivity contribution in [2.75, 3.05) is 11.9 Å². The summed E-state index contributed by atoms with van der Waals surface area (Å²) in [5.41, 5.74) is 3.95. The average molecular weight is 548 g/mol. The van der Waals surface area contributed by atoms with Gasteiger partial charge in [-0.1, -0.05) is 54.6 Å². The van der Waals surface area contributed by atoms with Crippen molar-refractivity contribution >= 4 is 17.4 Å². The molecule has 8 nitrogen and oxygen atoms in total. The highest BCUT2D eigenvalue weighted by atomic mass is 16.5. The van der Waals surface area contributed by atoms with Crippen LogP contribution in [0.5, 0.6) is 5.75 Å². The minimum absolute atomic E-state index is 0.172. The highest BCUT2D eigenvalue weighted by Crippen LogP contribution is 2.23. The Balaban J connectivity index is 1.19. The van der Waals surface area contributed by atoms with Crippen LogP contribution in [0, 0.1) is 6.92 Å². The molecule has 2 heterocycles. The molecule has 1 unspecified atom stereocenters. The van der Waals surface area contributed by atoms with Crippen LogP contribution < -0.4 is 10.1 Å². The second kappa shape index (κ2) is 12.7. The molecule has 0 spiro atoms. The van der Waals surface area contributed by atoms with Gasteiger partial charge in [-0.15, -0.1) is 0 Å². The minimum Gasteiger partial charge on any atom is -0.493 e. The van der Waals surface area contributed by atoms with Crippen molar-refractivity contribution in [1.82, 2.24) is 9.97 Å². The van der Waals surface area contributed by atoms with Crippen LogP contribution in [0.25, 0.3) is 11.5 Å². The first kappa shape index (κ1) is 27.3. The molecule has 0 saturated heterocycles. The molecule has 0 bridgehead atoms. The summed E-state index contributed by atoms with van der Waals surface area (Å²) >= 11 is 0. The third kappa shape index (κ3) is 6.86. The molecule has 2 aromatic heterocycles. The van der Waals surface area contributed by atoms with Crippen LogP contribution in [0.2, 0.25) is 0 Å². The van der Waals surface area contributed by atoms with Gasteiger partial charge in [-0.3, -0.25) is 9.78 Å². The van der Waals surface area contributed by atoms with E-state index in [9.17, 15) is 14.7 Å². The van der Waals surface area contributed by atoms with Crippen LogP contribution in [-0.4, -0.2) is 39.5 Å². The number of aryl methyl sites for hydroxylation is 1. The predicted molar refractivity (Wildman–Crippen MR) is 155 cm³/mol. The minimum atomic E-state index is -1.01. The highest BCUT2D eigenvalue weighted by Gasteiger charge is 2.21. The molecule has 3 aromatic carbocycles. The number of oxazole rings is 1. The van der Waals surface area contributed by atoms with Crippen LogP contribution in [0.3, 0.4) is 0 Å². The van der Waals surface area contributed by atoms with Crippen molar-refractivity contribution in [3.63, 3.8) is 0 Å². The number of carbonyl (C=O) groups excluding carboxylic acids is 1. The zero-order valence-corrected chi connectivity index (χ0v) is 22.5. The molecule has 1 atom stereocenters. The number of para-hydroxylation sites is 1. The topological polar surface area (TPSA) is 115 Å². The number of hydrogen-bond acceptors (Lipinski definition) is 7. The number of carbonyl (C=O) groups is 2. The molecule has 0 amide bonds. The molecule has 206 valence electrons. The number of ether oxygens (including phenoxy) is 1. The SMILES string of the molecule is Cc1oc(-c2ccncc2)nc1CCOc1ccc(CC(Nc2ccccc2C(=O)c2ccccc2)C(=O)O)cc1. The summed E-state index contributed by atoms with van der Waals surface area (Å²) in [4.78, 5) is 33.8. The number of aromatic nitrogens is 2. The molecular formula is C33H29N3O5. The van der Waals surface area contributed by atoms with Gasteiger partial charge in [-0.05, 0) is 48.9 Å². The van der Waals surface area contributed by atoms with Crippen molar-refractivity contribution in [3.05, 3.63) is 132 Å². The largest absolute Gasteiger partial charge is 0.493 e. The Morgan fingerprint density at radius 3 is 2.37 bits per heavy atom. The van der Waals surface area contributed by atoms with E-state index in [4.69, 9.17) is 9.15 Å². The van der Waals surface area contributed by atoms with Gasteiger partial charge >= 0.3 is 5.97 Å². The van der Waals surface area contributed by atoms with E-state index in [1.54, 1.807) is 60.9 Å². The Labute approximate surface area is 237 Å². The van der Waals surface area contributed by atoms with E-state index in [1.165, 1.54) is 0 Å². The van der Waals surface area contributed by atoms with Crippen LogP contribution >= 0.6 is 0 Å². The first-order valence-electron chi connectivity index (χ1n) is 13.2. The molecule has 0 fully saturated rings. The first-order chi connectivity index (χ1) is 20.0. The first-order valence-corrected chi connectivity index (χ1v) is 13.2. The molecule has 0 radical (unpaired) electrons. The van der Waals surface area contributed by atoms with E-state index in [-0.39, 0.29) is 12.2 Å². The van der Waals surface area contributed by atoms with E-state index >= 15 is 0 Å². The number of nitrogens with one attached hydrogen (secondary N) is 1. The molecule has 8 heteroatoms. The molecule has 0 saturated carbocycles. The number of anilines is 1. The zero-order chi connectivity index (χ0) is 28.6. The molecule has 0 aliphatic rings. The number of benzene rings is 3. The van der Waals surface area contributed by atoms with Gasteiger partial charge in [0, 0.05) is 47.6 Å². The number of aliphatic carboxylic acids is 1. The van der Waals surface area contributed by atoms with Crippen molar-refractivity contribution in [2.24, 2.45) is 0 Å². The fourth-order valence-electron chi connectivity index (χ4n) is 4.44. The second-order valence-electron chi connectivity index (χ2n) is 9.48. The van der Waals surface area contributed by atoms with E-state index in [0.717, 1.165) is 22.6 Å². The summed E-state index contributed by atoms with van der Waals surface area (Å²) in [6.45, 7) is 2.29. The number of carboxylic acids is 1. The van der Waals surface area contributed by atoms with Gasteiger partial charge in [0.1, 0.15) is 17.6 Å². The normalized spacial score (nSPS) is 11.5. The summed E-state index contributed by atoms with van der Waals surface area (Å²) in [6.07, 6.45) is 4.19. The van der Waals surface area contributed by atoms with E-state index in [2.05, 4.69) is 15.3 Å². The Kier molecular flexibility index (Phi) is 8.49. The third-order valence-electron chi connectivity index (χ3n) is 6.63. The standard InChI is InChI=1S/C33H29N3O5/c1-22-28(36-32(41-22)25-15-18-34-19-16-25)17-20-40-26-13-11-23(12-14-26)21-30(33(38)39)35-29-10-6-5-9-27(29)31(37)24-7-3-2-4-8-24/h2-16,18-19,30,35H,17,20-21H2,1H3,(H,38,39). The van der Waals surface area contributed by atoms with Gasteiger partial charge in [0.2, 0.25) is 5.89 Å². The molecule has 5 aromatic rings. The van der Waals surface area contributed by atoms with Gasteiger partial charge < -0.3 is 19.6 Å². The number of hydrogen-bond donors (Lipinski definition) is 2.